The van der Waals surface area contributed by atoms with Crippen molar-refractivity contribution in [2.45, 2.75) is 25.4 Å². The third kappa shape index (κ3) is 3.40. The summed E-state index contributed by atoms with van der Waals surface area (Å²) in [5.41, 5.74) is 8.14. The van der Waals surface area contributed by atoms with Gasteiger partial charge in [0.25, 0.3) is 0 Å². The molecule has 7 heteroatoms. The zero-order chi connectivity index (χ0) is 18.8. The Kier molecular flexibility index (Phi) is 4.58. The fourth-order valence-electron chi connectivity index (χ4n) is 3.50. The quantitative estimate of drug-likeness (QED) is 0.720. The monoisotopic (exact) mass is 365 g/mol. The fraction of sp³-hybridized carbons (Fsp3) is 0.300. The summed E-state index contributed by atoms with van der Waals surface area (Å²) in [6, 6.07) is 16.3. The molecule has 0 fully saturated rings. The molecule has 2 heterocycles. The molecule has 0 spiro atoms. The molecule has 2 aromatic carbocycles. The first-order valence-corrected chi connectivity index (χ1v) is 9.03. The number of aromatic nitrogens is 3. The van der Waals surface area contributed by atoms with Gasteiger partial charge in [-0.25, -0.2) is 4.68 Å². The third-order valence-corrected chi connectivity index (χ3v) is 4.78. The summed E-state index contributed by atoms with van der Waals surface area (Å²) in [6.45, 7) is 2.63. The number of methoxy groups -OCH3 is 1. The van der Waals surface area contributed by atoms with Crippen molar-refractivity contribution < 1.29 is 9.47 Å². The molecule has 1 aliphatic heterocycles. The average molecular weight is 365 g/mol. The van der Waals surface area contributed by atoms with Gasteiger partial charge in [0.2, 0.25) is 11.9 Å². The maximum Gasteiger partial charge on any atom is 0.241 e. The number of rotatable bonds is 5. The molecule has 0 bridgehead atoms. The van der Waals surface area contributed by atoms with E-state index in [-0.39, 0.29) is 18.0 Å². The van der Waals surface area contributed by atoms with Crippen molar-refractivity contribution in [3.63, 3.8) is 0 Å². The van der Waals surface area contributed by atoms with E-state index in [4.69, 9.17) is 15.2 Å². The van der Waals surface area contributed by atoms with Crippen molar-refractivity contribution in [1.29, 1.82) is 0 Å². The molecule has 1 aromatic heterocycles. The van der Waals surface area contributed by atoms with Crippen LogP contribution >= 0.6 is 0 Å². The van der Waals surface area contributed by atoms with E-state index in [1.54, 1.807) is 7.11 Å². The van der Waals surface area contributed by atoms with Gasteiger partial charge in [-0.3, -0.25) is 0 Å². The summed E-state index contributed by atoms with van der Waals surface area (Å²) in [7, 11) is 1.67. The van der Waals surface area contributed by atoms with Gasteiger partial charge in [-0.1, -0.05) is 24.3 Å². The molecular formula is C20H23N5O2. The van der Waals surface area contributed by atoms with Crippen LogP contribution in [0.4, 0.5) is 11.9 Å². The predicted octanol–water partition coefficient (Wildman–Crippen LogP) is 3.41. The zero-order valence-corrected chi connectivity index (χ0v) is 15.4. The number of benzene rings is 2. The highest BCUT2D eigenvalue weighted by Crippen LogP contribution is 2.39. The van der Waals surface area contributed by atoms with Crippen LogP contribution in [0.5, 0.6) is 11.5 Å². The van der Waals surface area contributed by atoms with Crippen LogP contribution in [-0.4, -0.2) is 28.5 Å². The number of nitrogens with zero attached hydrogens (tertiary/aromatic N) is 3. The van der Waals surface area contributed by atoms with Gasteiger partial charge in [-0.2, -0.15) is 4.98 Å². The van der Waals surface area contributed by atoms with Crippen LogP contribution in [0.3, 0.4) is 0 Å². The highest BCUT2D eigenvalue weighted by atomic mass is 16.5. The second kappa shape index (κ2) is 7.19. The van der Waals surface area contributed by atoms with Gasteiger partial charge in [0.1, 0.15) is 11.5 Å². The molecule has 3 aromatic rings. The molecule has 0 amide bonds. The van der Waals surface area contributed by atoms with E-state index < -0.39 is 0 Å². The summed E-state index contributed by atoms with van der Waals surface area (Å²) in [5.74, 6) is 2.62. The van der Waals surface area contributed by atoms with Crippen LogP contribution in [0, 0.1) is 0 Å². The molecule has 140 valence electrons. The molecule has 1 aliphatic rings. The molecular weight excluding hydrogens is 342 g/mol. The Balaban J connectivity index is 1.68. The molecule has 7 nitrogen and oxygen atoms in total. The first kappa shape index (κ1) is 17.2. The van der Waals surface area contributed by atoms with Crippen molar-refractivity contribution in [2.24, 2.45) is 0 Å². The molecule has 3 N–H and O–H groups in total. The van der Waals surface area contributed by atoms with E-state index in [2.05, 4.69) is 33.6 Å². The van der Waals surface area contributed by atoms with E-state index in [0.29, 0.717) is 12.6 Å². The van der Waals surface area contributed by atoms with Crippen molar-refractivity contribution in [3.05, 3.63) is 59.7 Å². The summed E-state index contributed by atoms with van der Waals surface area (Å²) in [6.07, 6.45) is 0.816. The molecule has 4 rings (SSSR count). The minimum atomic E-state index is 0.0118. The summed E-state index contributed by atoms with van der Waals surface area (Å²) < 4.78 is 12.8. The van der Waals surface area contributed by atoms with Crippen LogP contribution in [0.15, 0.2) is 48.5 Å². The SMILES string of the molecule is CCOc1ccc([C@@H]2C[C@H](c3cccc(OC)c3)n3nc(N)nc3N2)cc1. The summed E-state index contributed by atoms with van der Waals surface area (Å²) in [4.78, 5) is 4.35. The lowest BCUT2D eigenvalue weighted by Crippen LogP contribution is -2.28. The Morgan fingerprint density at radius 2 is 1.96 bits per heavy atom. The second-order valence-electron chi connectivity index (χ2n) is 6.47. The lowest BCUT2D eigenvalue weighted by molar-refractivity contribution is 0.340. The van der Waals surface area contributed by atoms with Gasteiger partial charge >= 0.3 is 0 Å². The van der Waals surface area contributed by atoms with Crippen LogP contribution < -0.4 is 20.5 Å². The van der Waals surface area contributed by atoms with Gasteiger partial charge in [0.05, 0.1) is 25.8 Å². The van der Waals surface area contributed by atoms with E-state index >= 15 is 0 Å². The van der Waals surface area contributed by atoms with Crippen LogP contribution in [0.25, 0.3) is 0 Å². The van der Waals surface area contributed by atoms with Gasteiger partial charge < -0.3 is 20.5 Å². The zero-order valence-electron chi connectivity index (χ0n) is 15.4. The third-order valence-electron chi connectivity index (χ3n) is 4.78. The smallest absolute Gasteiger partial charge is 0.241 e. The van der Waals surface area contributed by atoms with E-state index in [9.17, 15) is 0 Å². The lowest BCUT2D eigenvalue weighted by atomic mass is 9.93. The molecule has 0 unspecified atom stereocenters. The minimum absolute atomic E-state index is 0.0118. The highest BCUT2D eigenvalue weighted by molar-refractivity contribution is 5.43. The van der Waals surface area contributed by atoms with Crippen LogP contribution in [0.1, 0.15) is 36.6 Å². The van der Waals surface area contributed by atoms with Gasteiger partial charge in [0, 0.05) is 0 Å². The van der Waals surface area contributed by atoms with Crippen LogP contribution in [-0.2, 0) is 0 Å². The van der Waals surface area contributed by atoms with Crippen LogP contribution in [0.2, 0.25) is 0 Å². The molecule has 0 saturated carbocycles. The molecule has 2 atom stereocenters. The molecule has 0 aliphatic carbocycles. The van der Waals surface area contributed by atoms with E-state index in [1.165, 1.54) is 5.56 Å². The number of nitrogen functional groups attached to an aromatic ring is 1. The van der Waals surface area contributed by atoms with Crippen molar-refractivity contribution in [3.8, 4) is 11.5 Å². The highest BCUT2D eigenvalue weighted by Gasteiger charge is 2.31. The minimum Gasteiger partial charge on any atom is -0.497 e. The number of nitrogens with two attached hydrogens (primary N) is 1. The first-order valence-electron chi connectivity index (χ1n) is 9.03. The van der Waals surface area contributed by atoms with Crippen molar-refractivity contribution in [2.75, 3.05) is 24.8 Å². The van der Waals surface area contributed by atoms with Gasteiger partial charge in [-0.15, -0.1) is 5.10 Å². The fourth-order valence-corrected chi connectivity index (χ4v) is 3.50. The molecule has 0 saturated heterocycles. The Morgan fingerprint density at radius 3 is 2.70 bits per heavy atom. The number of hydrogen-bond donors (Lipinski definition) is 2. The average Bonchev–Trinajstić information content (AvgIpc) is 3.08. The largest absolute Gasteiger partial charge is 0.497 e. The maximum absolute atomic E-state index is 5.87. The normalized spacial score (nSPS) is 18.4. The first-order chi connectivity index (χ1) is 13.2. The number of anilines is 2. The number of nitrogens with one attached hydrogen (secondary N) is 1. The molecule has 27 heavy (non-hydrogen) atoms. The van der Waals surface area contributed by atoms with E-state index in [1.807, 2.05) is 41.9 Å². The second-order valence-corrected chi connectivity index (χ2v) is 6.47. The predicted molar refractivity (Wildman–Crippen MR) is 104 cm³/mol. The topological polar surface area (TPSA) is 87.2 Å². The number of fused-ring (bicyclic) bond motifs is 1. The maximum atomic E-state index is 5.87. The van der Waals surface area contributed by atoms with Gasteiger partial charge in [-0.05, 0) is 48.7 Å². The Morgan fingerprint density at radius 1 is 1.15 bits per heavy atom. The Bertz CT molecular complexity index is 922. The summed E-state index contributed by atoms with van der Waals surface area (Å²) in [5, 5.41) is 7.84. The van der Waals surface area contributed by atoms with E-state index in [0.717, 1.165) is 23.5 Å². The Hall–Kier alpha value is -3.22. The number of hydrogen-bond acceptors (Lipinski definition) is 6. The van der Waals surface area contributed by atoms with Crippen molar-refractivity contribution >= 4 is 11.9 Å². The van der Waals surface area contributed by atoms with Gasteiger partial charge in [0.15, 0.2) is 0 Å². The number of ether oxygens (including phenoxy) is 2. The van der Waals surface area contributed by atoms with Crippen molar-refractivity contribution in [1.82, 2.24) is 14.8 Å². The molecule has 0 radical (unpaired) electrons. The standard InChI is InChI=1S/C20H23N5O2/c1-3-27-15-9-7-13(8-10-15)17-12-18(14-5-4-6-16(11-14)26-2)25-20(22-17)23-19(21)24-25/h4-11,17-18H,3,12H2,1-2H3,(H3,21,22,23,24)/t17-,18+/m0/s1. The summed E-state index contributed by atoms with van der Waals surface area (Å²) >= 11 is 0. The lowest BCUT2D eigenvalue weighted by Gasteiger charge is -2.31. The Labute approximate surface area is 158 Å².